The molecule has 0 atom stereocenters. The highest BCUT2D eigenvalue weighted by atomic mass is 19.4. The number of amides is 2. The maximum atomic E-state index is 12.9. The Kier molecular flexibility index (Phi) is 6.00. The topological polar surface area (TPSA) is 75.6 Å². The molecular weight excluding hydrogens is 392 g/mol. The van der Waals surface area contributed by atoms with Crippen molar-refractivity contribution in [3.8, 4) is 0 Å². The average molecular weight is 411 g/mol. The van der Waals surface area contributed by atoms with Crippen molar-refractivity contribution in [3.63, 3.8) is 0 Å². The lowest BCUT2D eigenvalue weighted by atomic mass is 9.96. The van der Waals surface area contributed by atoms with Gasteiger partial charge in [0.15, 0.2) is 0 Å². The molecule has 6 nitrogen and oxygen atoms in total. The van der Waals surface area contributed by atoms with Crippen LogP contribution in [-0.2, 0) is 11.0 Å². The van der Waals surface area contributed by atoms with Crippen LogP contribution in [0.3, 0.4) is 0 Å². The van der Waals surface area contributed by atoms with Crippen LogP contribution in [0.25, 0.3) is 0 Å². The zero-order valence-corrected chi connectivity index (χ0v) is 15.2. The normalized spacial score (nSPS) is 15.1. The van der Waals surface area contributed by atoms with E-state index in [1.807, 2.05) is 4.90 Å². The van der Waals surface area contributed by atoms with Crippen molar-refractivity contribution in [2.45, 2.75) is 19.0 Å². The lowest BCUT2D eigenvalue weighted by Gasteiger charge is -2.27. The summed E-state index contributed by atoms with van der Waals surface area (Å²) in [6, 6.07) is 7.27. The minimum Gasteiger partial charge on any atom is -0.273 e. The first-order valence-corrected chi connectivity index (χ1v) is 8.93. The number of aromatic amines is 1. The predicted molar refractivity (Wildman–Crippen MR) is 94.9 cm³/mol. The molecule has 1 aromatic carbocycles. The largest absolute Gasteiger partial charge is 0.419 e. The Balaban J connectivity index is 1.48. The van der Waals surface area contributed by atoms with Gasteiger partial charge in [0, 0.05) is 17.5 Å². The van der Waals surface area contributed by atoms with Crippen molar-refractivity contribution in [1.29, 1.82) is 0 Å². The number of rotatable bonds is 3. The molecule has 3 N–H and O–H groups in total. The van der Waals surface area contributed by atoms with Crippen LogP contribution in [0.1, 0.15) is 28.8 Å². The van der Waals surface area contributed by atoms with E-state index in [0.717, 1.165) is 24.4 Å². The number of piperidine rings is 1. The number of anilines is 1. The number of nitrogens with zero attached hydrogens (tertiary/aromatic N) is 1. The Morgan fingerprint density at radius 2 is 1.66 bits per heavy atom. The molecule has 2 amide bonds. The molecule has 1 aliphatic heterocycles. The summed E-state index contributed by atoms with van der Waals surface area (Å²) < 4.78 is 50.8. The highest BCUT2D eigenvalue weighted by Gasteiger charge is 2.33. The van der Waals surface area contributed by atoms with E-state index in [1.54, 1.807) is 0 Å². The summed E-state index contributed by atoms with van der Waals surface area (Å²) in [4.78, 5) is 28.7. The fraction of sp³-hybridized carbons (Fsp3) is 0.316. The van der Waals surface area contributed by atoms with E-state index in [2.05, 4.69) is 15.8 Å². The maximum Gasteiger partial charge on any atom is 0.419 e. The predicted octanol–water partition coefficient (Wildman–Crippen LogP) is 2.34. The first kappa shape index (κ1) is 20.6. The summed E-state index contributed by atoms with van der Waals surface area (Å²) in [7, 11) is 0. The van der Waals surface area contributed by atoms with Crippen molar-refractivity contribution < 1.29 is 32.1 Å². The monoisotopic (exact) mass is 411 g/mol. The molecule has 1 fully saturated rings. The van der Waals surface area contributed by atoms with Crippen LogP contribution in [0.5, 0.6) is 0 Å². The molecule has 0 bridgehead atoms. The van der Waals surface area contributed by atoms with Crippen molar-refractivity contribution in [3.05, 3.63) is 59.5 Å². The SMILES string of the molecule is O=C(NNC(=O)C1CCN(c2ccc(C(F)(F)F)c[nH+]2)CC1)c1ccc(F)cc1. The highest BCUT2D eigenvalue weighted by molar-refractivity contribution is 5.95. The Labute approximate surface area is 163 Å². The third-order valence-electron chi connectivity index (χ3n) is 4.74. The number of pyridine rings is 1. The molecule has 0 saturated carbocycles. The summed E-state index contributed by atoms with van der Waals surface area (Å²) in [5, 5.41) is 0. The second-order valence-corrected chi connectivity index (χ2v) is 6.67. The number of hydrazine groups is 1. The number of nitrogens with one attached hydrogen (secondary N) is 3. The van der Waals surface area contributed by atoms with Gasteiger partial charge in [-0.25, -0.2) is 9.37 Å². The van der Waals surface area contributed by atoms with Gasteiger partial charge in [-0.15, -0.1) is 0 Å². The average Bonchev–Trinajstić information content (AvgIpc) is 2.72. The van der Waals surface area contributed by atoms with Gasteiger partial charge in [-0.2, -0.15) is 13.2 Å². The van der Waals surface area contributed by atoms with E-state index in [1.165, 1.54) is 18.2 Å². The second kappa shape index (κ2) is 8.46. The van der Waals surface area contributed by atoms with E-state index >= 15 is 0 Å². The minimum atomic E-state index is -4.40. The summed E-state index contributed by atoms with van der Waals surface area (Å²) in [6.07, 6.45) is -2.53. The molecule has 0 unspecified atom stereocenters. The standard InChI is InChI=1S/C19H18F4N4O2/c20-15-4-1-12(2-5-15)17(28)25-26-18(29)13-7-9-27(10-8-13)16-6-3-14(11-24-16)19(21,22)23/h1-6,11,13H,7-10H2,(H,25,28)(H,26,29)/p+1. The fourth-order valence-electron chi connectivity index (χ4n) is 3.07. The summed E-state index contributed by atoms with van der Waals surface area (Å²) in [5.41, 5.74) is 4.10. The molecule has 2 heterocycles. The van der Waals surface area contributed by atoms with Crippen LogP contribution in [0.15, 0.2) is 42.6 Å². The number of alkyl halides is 3. The van der Waals surface area contributed by atoms with Gasteiger partial charge in [-0.05, 0) is 43.2 Å². The van der Waals surface area contributed by atoms with Crippen molar-refractivity contribution in [1.82, 2.24) is 10.9 Å². The van der Waals surface area contributed by atoms with E-state index in [4.69, 9.17) is 0 Å². The van der Waals surface area contributed by atoms with Gasteiger partial charge in [-0.3, -0.25) is 25.3 Å². The number of carbonyl (C=O) groups excluding carboxylic acids is 2. The minimum absolute atomic E-state index is 0.208. The van der Waals surface area contributed by atoms with Crippen LogP contribution >= 0.6 is 0 Å². The number of aromatic nitrogens is 1. The number of hydrogen-bond donors (Lipinski definition) is 2. The zero-order valence-electron chi connectivity index (χ0n) is 15.2. The fourth-order valence-corrected chi connectivity index (χ4v) is 3.07. The lowest BCUT2D eigenvalue weighted by molar-refractivity contribution is -0.367. The number of hydrogen-bond acceptors (Lipinski definition) is 3. The summed E-state index contributed by atoms with van der Waals surface area (Å²) in [6.45, 7) is 0.956. The molecule has 1 aromatic heterocycles. The van der Waals surface area contributed by atoms with Gasteiger partial charge in [0.1, 0.15) is 12.0 Å². The van der Waals surface area contributed by atoms with Crippen LogP contribution < -0.4 is 20.7 Å². The van der Waals surface area contributed by atoms with Gasteiger partial charge in [-0.1, -0.05) is 0 Å². The number of halogens is 4. The second-order valence-electron chi connectivity index (χ2n) is 6.67. The quantitative estimate of drug-likeness (QED) is 0.602. The molecule has 0 radical (unpaired) electrons. The molecule has 3 rings (SSSR count). The van der Waals surface area contributed by atoms with Crippen LogP contribution in [0, 0.1) is 11.7 Å². The van der Waals surface area contributed by atoms with E-state index < -0.39 is 23.5 Å². The van der Waals surface area contributed by atoms with Crippen LogP contribution in [0.4, 0.5) is 23.4 Å². The van der Waals surface area contributed by atoms with E-state index in [9.17, 15) is 27.2 Å². The molecule has 0 aliphatic carbocycles. The molecule has 29 heavy (non-hydrogen) atoms. The van der Waals surface area contributed by atoms with Crippen molar-refractivity contribution in [2.24, 2.45) is 5.92 Å². The number of H-pyrrole nitrogens is 1. The van der Waals surface area contributed by atoms with Gasteiger partial charge in [0.2, 0.25) is 5.91 Å². The summed E-state index contributed by atoms with van der Waals surface area (Å²) >= 11 is 0. The molecule has 1 saturated heterocycles. The smallest absolute Gasteiger partial charge is 0.273 e. The lowest BCUT2D eigenvalue weighted by Crippen LogP contribution is -2.48. The Bertz CT molecular complexity index is 861. The maximum absolute atomic E-state index is 12.9. The third-order valence-corrected chi connectivity index (χ3v) is 4.74. The first-order chi connectivity index (χ1) is 13.7. The van der Waals surface area contributed by atoms with Gasteiger partial charge < -0.3 is 0 Å². The van der Waals surface area contributed by atoms with Crippen molar-refractivity contribution >= 4 is 17.6 Å². The molecule has 10 heteroatoms. The molecular formula is C19H19F4N4O2+. The first-order valence-electron chi connectivity index (χ1n) is 8.93. The molecule has 154 valence electrons. The zero-order chi connectivity index (χ0) is 21.0. The van der Waals surface area contributed by atoms with Crippen LogP contribution in [0.2, 0.25) is 0 Å². The van der Waals surface area contributed by atoms with E-state index in [-0.39, 0.29) is 17.4 Å². The summed E-state index contributed by atoms with van der Waals surface area (Å²) in [5.74, 6) is -1.18. The Morgan fingerprint density at radius 3 is 2.21 bits per heavy atom. The van der Waals surface area contributed by atoms with Gasteiger partial charge >= 0.3 is 6.18 Å². The van der Waals surface area contributed by atoms with Gasteiger partial charge in [0.05, 0.1) is 18.7 Å². The van der Waals surface area contributed by atoms with Gasteiger partial charge in [0.25, 0.3) is 11.7 Å². The highest BCUT2D eigenvalue weighted by Crippen LogP contribution is 2.29. The van der Waals surface area contributed by atoms with Crippen molar-refractivity contribution in [2.75, 3.05) is 18.0 Å². The number of benzene rings is 1. The van der Waals surface area contributed by atoms with E-state index in [0.29, 0.717) is 31.7 Å². The van der Waals surface area contributed by atoms with Crippen LogP contribution in [-0.4, -0.2) is 24.9 Å². The Hall–Kier alpha value is -3.17. The molecule has 0 spiro atoms. The number of carbonyl (C=O) groups is 2. The Morgan fingerprint density at radius 1 is 1.00 bits per heavy atom. The molecule has 1 aliphatic rings. The third kappa shape index (κ3) is 5.21. The molecule has 2 aromatic rings.